The van der Waals surface area contributed by atoms with E-state index < -0.39 is 0 Å². The summed E-state index contributed by atoms with van der Waals surface area (Å²) in [5.41, 5.74) is 11.0. The van der Waals surface area contributed by atoms with E-state index in [1.807, 2.05) is 4.58 Å². The van der Waals surface area contributed by atoms with Crippen molar-refractivity contribution < 1.29 is 14.1 Å². The summed E-state index contributed by atoms with van der Waals surface area (Å²) >= 11 is 0. The van der Waals surface area contributed by atoms with Gasteiger partial charge in [0.1, 0.15) is 12.2 Å². The number of nitrogens with zero attached hydrogens (tertiary/aromatic N) is 2. The van der Waals surface area contributed by atoms with E-state index in [0.717, 1.165) is 18.8 Å². The van der Waals surface area contributed by atoms with Crippen LogP contribution in [0.5, 0.6) is 0 Å². The van der Waals surface area contributed by atoms with Gasteiger partial charge in [-0.3, -0.25) is 10.3 Å². The normalized spacial score (nSPS) is 14.8. The van der Waals surface area contributed by atoms with Crippen molar-refractivity contribution in [3.63, 3.8) is 0 Å². The number of guanidine groups is 1. The summed E-state index contributed by atoms with van der Waals surface area (Å²) in [6.45, 7) is 10.2. The maximum absolute atomic E-state index is 11.6. The number of ether oxygens (including phenoxy) is 1. The van der Waals surface area contributed by atoms with Crippen LogP contribution in [0.4, 0.5) is 5.69 Å². The van der Waals surface area contributed by atoms with E-state index in [1.54, 1.807) is 6.92 Å². The Balaban J connectivity index is 2.27. The molecular weight excluding hydrogens is 266 g/mol. The number of esters is 1. The fraction of sp³-hybridized carbons (Fsp3) is 0.500. The van der Waals surface area contributed by atoms with Gasteiger partial charge in [0.2, 0.25) is 0 Å². The monoisotopic (exact) mass is 290 g/mol. The number of rotatable bonds is 4. The molecule has 1 aliphatic heterocycles. The third kappa shape index (κ3) is 3.17. The first-order chi connectivity index (χ1) is 9.93. The van der Waals surface area contributed by atoms with Gasteiger partial charge in [0.05, 0.1) is 13.2 Å². The lowest BCUT2D eigenvalue weighted by Gasteiger charge is -2.17. The first kappa shape index (κ1) is 15.4. The molecule has 1 heterocycles. The Hall–Kier alpha value is -2.04. The molecule has 0 fully saturated rings. The lowest BCUT2D eigenvalue weighted by Crippen LogP contribution is -2.38. The summed E-state index contributed by atoms with van der Waals surface area (Å²) in [6.07, 6.45) is 0. The molecule has 0 bridgehead atoms. The number of hydrogen-bond acceptors (Lipinski definition) is 4. The van der Waals surface area contributed by atoms with Crippen molar-refractivity contribution in [2.45, 2.75) is 27.7 Å². The number of nitrogens with two attached hydrogens (primary N) is 1. The second-order valence-corrected chi connectivity index (χ2v) is 5.48. The molecule has 0 amide bonds. The molecule has 2 N–H and O–H groups in total. The van der Waals surface area contributed by atoms with Crippen molar-refractivity contribution in [1.82, 2.24) is 0 Å². The Kier molecular flexibility index (Phi) is 4.50. The summed E-state index contributed by atoms with van der Waals surface area (Å²) in [5, 5.41) is 0. The van der Waals surface area contributed by atoms with E-state index in [4.69, 9.17) is 10.5 Å². The summed E-state index contributed by atoms with van der Waals surface area (Å²) < 4.78 is 6.86. The maximum Gasteiger partial charge on any atom is 0.351 e. The van der Waals surface area contributed by atoms with Crippen LogP contribution in [0.3, 0.4) is 0 Å². The number of aryl methyl sites for hydroxylation is 3. The van der Waals surface area contributed by atoms with Crippen LogP contribution in [0.1, 0.15) is 23.6 Å². The molecule has 2 rings (SSSR count). The predicted octanol–water partition coefficient (Wildman–Crippen LogP) is 1.32. The summed E-state index contributed by atoms with van der Waals surface area (Å²) in [7, 11) is 0. The smallest absolute Gasteiger partial charge is 0.351 e. The van der Waals surface area contributed by atoms with Gasteiger partial charge in [0.25, 0.3) is 0 Å². The zero-order valence-corrected chi connectivity index (χ0v) is 13.3. The van der Waals surface area contributed by atoms with Crippen molar-refractivity contribution >= 4 is 17.6 Å². The van der Waals surface area contributed by atoms with Crippen LogP contribution in [-0.4, -0.2) is 42.7 Å². The Labute approximate surface area is 126 Å². The molecule has 1 aliphatic rings. The minimum Gasteiger partial charge on any atom is -0.464 e. The fourth-order valence-corrected chi connectivity index (χ4v) is 2.97. The summed E-state index contributed by atoms with van der Waals surface area (Å²) in [5.74, 6) is 0.387. The molecule has 0 saturated carbocycles. The zero-order chi connectivity index (χ0) is 15.6. The third-order valence-corrected chi connectivity index (χ3v) is 3.72. The molecule has 5 heteroatoms. The highest BCUT2D eigenvalue weighted by molar-refractivity contribution is 5.94. The predicted molar refractivity (Wildman–Crippen MR) is 83.8 cm³/mol. The van der Waals surface area contributed by atoms with Crippen molar-refractivity contribution in [3.05, 3.63) is 28.8 Å². The standard InChI is InChI=1S/C16H23N3O2/c1-5-21-14(20)10-18-6-7-19(16(18)17)15-12(3)8-11(2)9-13(15)4/h8-9,17H,5-7,10H2,1-4H3/p+1. The molecule has 0 aliphatic carbocycles. The Morgan fingerprint density at radius 3 is 2.52 bits per heavy atom. The minimum absolute atomic E-state index is 0.208. The Morgan fingerprint density at radius 2 is 1.95 bits per heavy atom. The van der Waals surface area contributed by atoms with Crippen LogP contribution < -0.4 is 10.6 Å². The molecule has 0 atom stereocenters. The van der Waals surface area contributed by atoms with Gasteiger partial charge < -0.3 is 4.74 Å². The summed E-state index contributed by atoms with van der Waals surface area (Å²) in [4.78, 5) is 13.7. The molecule has 1 aromatic rings. The highest BCUT2D eigenvalue weighted by atomic mass is 16.5. The van der Waals surface area contributed by atoms with E-state index in [1.165, 1.54) is 16.7 Å². The van der Waals surface area contributed by atoms with E-state index in [-0.39, 0.29) is 12.5 Å². The van der Waals surface area contributed by atoms with Crippen molar-refractivity contribution in [3.8, 4) is 0 Å². The molecule has 21 heavy (non-hydrogen) atoms. The lowest BCUT2D eigenvalue weighted by molar-refractivity contribution is -0.509. The molecule has 5 nitrogen and oxygen atoms in total. The van der Waals surface area contributed by atoms with Gasteiger partial charge in [0.15, 0.2) is 6.54 Å². The number of hydrogen-bond donors (Lipinski definition) is 1. The van der Waals surface area contributed by atoms with Gasteiger partial charge >= 0.3 is 11.9 Å². The molecule has 0 spiro atoms. The minimum atomic E-state index is -0.236. The molecule has 0 unspecified atom stereocenters. The topological polar surface area (TPSA) is 58.6 Å². The largest absolute Gasteiger partial charge is 0.464 e. The quantitative estimate of drug-likeness (QED) is 0.671. The second kappa shape index (κ2) is 6.16. The average molecular weight is 290 g/mol. The second-order valence-electron chi connectivity index (χ2n) is 5.48. The molecule has 0 saturated heterocycles. The number of benzene rings is 1. The third-order valence-electron chi connectivity index (χ3n) is 3.72. The highest BCUT2D eigenvalue weighted by Gasteiger charge is 2.31. The zero-order valence-electron chi connectivity index (χ0n) is 13.3. The van der Waals surface area contributed by atoms with Gasteiger partial charge in [-0.25, -0.2) is 9.69 Å². The SMILES string of the molecule is CCOC(=O)C[N+]1=C(N)N(c2c(C)cc(C)cc2C)CC1. The van der Waals surface area contributed by atoms with Crippen LogP contribution in [0.15, 0.2) is 12.1 Å². The maximum atomic E-state index is 11.6. The van der Waals surface area contributed by atoms with E-state index in [9.17, 15) is 4.79 Å². The number of anilines is 1. The van der Waals surface area contributed by atoms with E-state index in [2.05, 4.69) is 37.8 Å². The highest BCUT2D eigenvalue weighted by Crippen LogP contribution is 2.27. The van der Waals surface area contributed by atoms with Gasteiger partial charge in [-0.05, 0) is 38.8 Å². The van der Waals surface area contributed by atoms with Crippen molar-refractivity contribution in [2.75, 3.05) is 31.1 Å². The van der Waals surface area contributed by atoms with Crippen LogP contribution in [0.25, 0.3) is 0 Å². The number of carbonyl (C=O) groups is 1. The van der Waals surface area contributed by atoms with Crippen LogP contribution in [-0.2, 0) is 9.53 Å². The molecule has 1 aromatic carbocycles. The molecule has 0 aromatic heterocycles. The van der Waals surface area contributed by atoms with E-state index >= 15 is 0 Å². The molecule has 114 valence electrons. The van der Waals surface area contributed by atoms with Crippen molar-refractivity contribution in [1.29, 1.82) is 0 Å². The lowest BCUT2D eigenvalue weighted by atomic mass is 10.0. The van der Waals surface area contributed by atoms with E-state index in [0.29, 0.717) is 12.6 Å². The van der Waals surface area contributed by atoms with Gasteiger partial charge in [-0.15, -0.1) is 0 Å². The first-order valence-corrected chi connectivity index (χ1v) is 7.32. The van der Waals surface area contributed by atoms with Crippen LogP contribution in [0.2, 0.25) is 0 Å². The average Bonchev–Trinajstić information content (AvgIpc) is 2.71. The first-order valence-electron chi connectivity index (χ1n) is 7.32. The van der Waals surface area contributed by atoms with Gasteiger partial charge in [0, 0.05) is 0 Å². The fourth-order valence-electron chi connectivity index (χ4n) is 2.97. The van der Waals surface area contributed by atoms with Gasteiger partial charge in [-0.2, -0.15) is 0 Å². The molecule has 0 radical (unpaired) electrons. The Bertz CT molecular complexity index is 570. The number of carbonyl (C=O) groups excluding carboxylic acids is 1. The van der Waals surface area contributed by atoms with Crippen LogP contribution >= 0.6 is 0 Å². The molecular formula is C16H24N3O2+. The summed E-state index contributed by atoms with van der Waals surface area (Å²) in [6, 6.07) is 4.31. The van der Waals surface area contributed by atoms with Crippen LogP contribution in [0, 0.1) is 20.8 Å². The van der Waals surface area contributed by atoms with Gasteiger partial charge in [-0.1, -0.05) is 17.7 Å². The van der Waals surface area contributed by atoms with Crippen molar-refractivity contribution in [2.24, 2.45) is 5.73 Å². The Morgan fingerprint density at radius 1 is 1.33 bits per heavy atom.